The molecule has 11 rings (SSSR count). The van der Waals surface area contributed by atoms with Crippen molar-refractivity contribution >= 4 is 51.2 Å². The number of nitrogens with zero attached hydrogens (tertiary/aromatic N) is 3. The van der Waals surface area contributed by atoms with Gasteiger partial charge < -0.3 is 14.7 Å². The third-order valence-corrected chi connectivity index (χ3v) is 12.6. The van der Waals surface area contributed by atoms with Crippen molar-refractivity contribution in [3.8, 4) is 44.5 Å². The van der Waals surface area contributed by atoms with Gasteiger partial charge in [0, 0.05) is 51.2 Å². The molecule has 328 valence electrons. The van der Waals surface area contributed by atoms with Crippen LogP contribution in [-0.2, 0) is 0 Å². The van der Waals surface area contributed by atoms with E-state index in [-0.39, 0.29) is 0 Å². The van der Waals surface area contributed by atoms with Crippen LogP contribution in [0.4, 0.5) is 51.2 Å². The minimum Gasteiger partial charge on any atom is -0.311 e. The fraction of sp³-hybridized carbons (Fsp3) is 0. The Hall–Kier alpha value is -9.18. The normalized spacial score (nSPS) is 10.9. The van der Waals surface area contributed by atoms with Crippen LogP contribution in [0.15, 0.2) is 297 Å². The minimum atomic E-state index is 1.04. The van der Waals surface area contributed by atoms with Crippen LogP contribution < -0.4 is 14.7 Å². The van der Waals surface area contributed by atoms with Crippen molar-refractivity contribution in [3.05, 3.63) is 297 Å². The van der Waals surface area contributed by atoms with Gasteiger partial charge in [0.2, 0.25) is 0 Å². The third-order valence-electron chi connectivity index (χ3n) is 12.6. The van der Waals surface area contributed by atoms with Crippen LogP contribution in [0.3, 0.4) is 0 Å². The first kappa shape index (κ1) is 42.5. The van der Waals surface area contributed by atoms with E-state index >= 15 is 0 Å². The molecule has 0 heterocycles. The highest BCUT2D eigenvalue weighted by Crippen LogP contribution is 2.45. The number of para-hydroxylation sites is 3. The zero-order valence-electron chi connectivity index (χ0n) is 38.1. The standard InChI is InChI=1S/C66H49N3/c1-7-19-50(20-8-1)53-31-39-61(40-32-53)67(58-25-13-4-14-26-58)62-45-37-56(38-46-62)57-47-65(68(59-27-15-5-16-28-59)63-41-33-54(34-42-63)51-21-9-2-10-22-51)49-66(48-57)69(60-29-17-6-18-30-60)64-43-35-55(36-44-64)52-23-11-3-12-24-52/h1-49H. The maximum absolute atomic E-state index is 2.37. The van der Waals surface area contributed by atoms with E-state index in [1.807, 2.05) is 0 Å². The molecule has 0 spiro atoms. The molecule has 0 N–H and O–H groups in total. The van der Waals surface area contributed by atoms with Gasteiger partial charge in [-0.05, 0) is 148 Å². The summed E-state index contributed by atoms with van der Waals surface area (Å²) >= 11 is 0. The van der Waals surface area contributed by atoms with Crippen LogP contribution in [0.2, 0.25) is 0 Å². The SMILES string of the molecule is c1ccc(-c2ccc(N(c3ccccc3)c3ccc(-c4cc(N(c5ccccc5)c5ccc(-c6ccccc6)cc5)cc(N(c5ccccc5)c5ccc(-c6ccccc6)cc5)c4)cc3)cc2)cc1. The molecule has 0 atom stereocenters. The Bertz CT molecular complexity index is 3220. The molecule has 3 nitrogen and oxygen atoms in total. The van der Waals surface area contributed by atoms with Gasteiger partial charge in [-0.25, -0.2) is 0 Å². The maximum Gasteiger partial charge on any atom is 0.0488 e. The lowest BCUT2D eigenvalue weighted by molar-refractivity contribution is 1.25. The second kappa shape index (κ2) is 19.7. The van der Waals surface area contributed by atoms with E-state index in [1.54, 1.807) is 0 Å². The second-order valence-corrected chi connectivity index (χ2v) is 17.0. The lowest BCUT2D eigenvalue weighted by Crippen LogP contribution is -2.13. The van der Waals surface area contributed by atoms with Crippen molar-refractivity contribution in [1.29, 1.82) is 0 Å². The van der Waals surface area contributed by atoms with E-state index < -0.39 is 0 Å². The number of benzene rings is 11. The van der Waals surface area contributed by atoms with E-state index in [1.165, 1.54) is 33.4 Å². The third kappa shape index (κ3) is 9.31. The Balaban J connectivity index is 1.05. The lowest BCUT2D eigenvalue weighted by Gasteiger charge is -2.30. The molecule has 0 saturated heterocycles. The Morgan fingerprint density at radius 1 is 0.130 bits per heavy atom. The highest BCUT2D eigenvalue weighted by Gasteiger charge is 2.21. The topological polar surface area (TPSA) is 9.72 Å². The van der Waals surface area contributed by atoms with Crippen molar-refractivity contribution in [2.75, 3.05) is 14.7 Å². The summed E-state index contributed by atoms with van der Waals surface area (Å²) in [6.07, 6.45) is 0. The predicted molar refractivity (Wildman–Crippen MR) is 292 cm³/mol. The lowest BCUT2D eigenvalue weighted by atomic mass is 10.0. The van der Waals surface area contributed by atoms with E-state index in [0.717, 1.165) is 62.3 Å². The Morgan fingerprint density at radius 2 is 0.319 bits per heavy atom. The molecule has 0 aliphatic rings. The highest BCUT2D eigenvalue weighted by atomic mass is 15.2. The van der Waals surface area contributed by atoms with Crippen LogP contribution in [-0.4, -0.2) is 0 Å². The first-order valence-electron chi connectivity index (χ1n) is 23.5. The molecule has 0 fully saturated rings. The van der Waals surface area contributed by atoms with E-state index in [0.29, 0.717) is 0 Å². The van der Waals surface area contributed by atoms with E-state index in [2.05, 4.69) is 312 Å². The molecule has 0 aliphatic carbocycles. The summed E-state index contributed by atoms with van der Waals surface area (Å²) in [5, 5.41) is 0. The van der Waals surface area contributed by atoms with E-state index in [9.17, 15) is 0 Å². The summed E-state index contributed by atoms with van der Waals surface area (Å²) in [5.41, 5.74) is 18.9. The van der Waals surface area contributed by atoms with Crippen LogP contribution in [0.5, 0.6) is 0 Å². The number of rotatable bonds is 13. The smallest absolute Gasteiger partial charge is 0.0488 e. The average Bonchev–Trinajstić information content (AvgIpc) is 3.43. The van der Waals surface area contributed by atoms with Gasteiger partial charge >= 0.3 is 0 Å². The Morgan fingerprint density at radius 3 is 0.580 bits per heavy atom. The van der Waals surface area contributed by atoms with Crippen molar-refractivity contribution in [1.82, 2.24) is 0 Å². The van der Waals surface area contributed by atoms with Crippen LogP contribution in [0.25, 0.3) is 44.5 Å². The fourth-order valence-corrected chi connectivity index (χ4v) is 9.20. The van der Waals surface area contributed by atoms with Crippen molar-refractivity contribution in [2.24, 2.45) is 0 Å². The molecule has 0 bridgehead atoms. The minimum absolute atomic E-state index is 1.04. The molecule has 0 saturated carbocycles. The zero-order valence-corrected chi connectivity index (χ0v) is 38.1. The van der Waals surface area contributed by atoms with Crippen LogP contribution in [0.1, 0.15) is 0 Å². The molecule has 0 radical (unpaired) electrons. The van der Waals surface area contributed by atoms with Crippen molar-refractivity contribution < 1.29 is 0 Å². The summed E-state index contributed by atoms with van der Waals surface area (Å²) in [7, 11) is 0. The fourth-order valence-electron chi connectivity index (χ4n) is 9.20. The number of anilines is 9. The molecular formula is C66H49N3. The van der Waals surface area contributed by atoms with Gasteiger partial charge in [-0.15, -0.1) is 0 Å². The van der Waals surface area contributed by atoms with Gasteiger partial charge in [-0.2, -0.15) is 0 Å². The van der Waals surface area contributed by atoms with Gasteiger partial charge in [0.25, 0.3) is 0 Å². The summed E-state index contributed by atoms with van der Waals surface area (Å²) in [5.74, 6) is 0. The quantitative estimate of drug-likeness (QED) is 0.114. The number of hydrogen-bond acceptors (Lipinski definition) is 3. The van der Waals surface area contributed by atoms with Gasteiger partial charge in [-0.1, -0.05) is 194 Å². The molecule has 11 aromatic carbocycles. The zero-order chi connectivity index (χ0) is 46.2. The molecule has 11 aromatic rings. The molecule has 69 heavy (non-hydrogen) atoms. The predicted octanol–water partition coefficient (Wildman–Crippen LogP) is 18.8. The van der Waals surface area contributed by atoms with Gasteiger partial charge in [0.15, 0.2) is 0 Å². The molecule has 0 unspecified atom stereocenters. The largest absolute Gasteiger partial charge is 0.311 e. The van der Waals surface area contributed by atoms with Crippen LogP contribution >= 0.6 is 0 Å². The van der Waals surface area contributed by atoms with Gasteiger partial charge in [0.05, 0.1) is 0 Å². The summed E-state index contributed by atoms with van der Waals surface area (Å²) in [6, 6.07) is 106. The molecule has 3 heteroatoms. The van der Waals surface area contributed by atoms with Crippen LogP contribution in [0, 0.1) is 0 Å². The second-order valence-electron chi connectivity index (χ2n) is 17.0. The first-order valence-corrected chi connectivity index (χ1v) is 23.5. The maximum atomic E-state index is 2.37. The summed E-state index contributed by atoms with van der Waals surface area (Å²) in [4.78, 5) is 7.06. The highest BCUT2D eigenvalue weighted by molar-refractivity contribution is 5.89. The van der Waals surface area contributed by atoms with Gasteiger partial charge in [0.1, 0.15) is 0 Å². The van der Waals surface area contributed by atoms with Crippen molar-refractivity contribution in [2.45, 2.75) is 0 Å². The molecule has 0 aliphatic heterocycles. The molecular weight excluding hydrogens is 835 g/mol. The summed E-state index contributed by atoms with van der Waals surface area (Å²) < 4.78 is 0. The summed E-state index contributed by atoms with van der Waals surface area (Å²) in [6.45, 7) is 0. The molecule has 0 aromatic heterocycles. The van der Waals surface area contributed by atoms with E-state index in [4.69, 9.17) is 0 Å². The monoisotopic (exact) mass is 883 g/mol. The van der Waals surface area contributed by atoms with Gasteiger partial charge in [-0.3, -0.25) is 0 Å². The Kier molecular flexibility index (Phi) is 12.1. The first-order chi connectivity index (χ1) is 34.2. The molecule has 0 amide bonds. The Labute approximate surface area is 405 Å². The average molecular weight is 884 g/mol. The number of hydrogen-bond donors (Lipinski definition) is 0. The van der Waals surface area contributed by atoms with Crippen molar-refractivity contribution in [3.63, 3.8) is 0 Å².